The van der Waals surface area contributed by atoms with Crippen LogP contribution in [0.4, 0.5) is 11.4 Å². The number of amides is 1. The smallest absolute Gasteiger partial charge is 0.255 e. The summed E-state index contributed by atoms with van der Waals surface area (Å²) in [5.41, 5.74) is 5.53. The molecule has 2 N–H and O–H groups in total. The minimum atomic E-state index is -0.0379. The second-order valence-electron chi connectivity index (χ2n) is 10.3. The number of anilines is 2. The van der Waals surface area contributed by atoms with Crippen molar-refractivity contribution >= 4 is 28.1 Å². The van der Waals surface area contributed by atoms with Crippen LogP contribution in [0.2, 0.25) is 0 Å². The summed E-state index contributed by atoms with van der Waals surface area (Å²) in [7, 11) is 0. The molecule has 3 heteroatoms. The normalized spacial score (nSPS) is 26.5. The zero-order valence-corrected chi connectivity index (χ0v) is 19.1. The average Bonchev–Trinajstić information content (AvgIpc) is 3.52. The minimum Gasteiger partial charge on any atom is -0.378 e. The van der Waals surface area contributed by atoms with Crippen molar-refractivity contribution in [1.29, 1.82) is 0 Å². The van der Waals surface area contributed by atoms with Crippen LogP contribution in [-0.4, -0.2) is 5.91 Å². The second kappa shape index (κ2) is 7.73. The van der Waals surface area contributed by atoms with Crippen molar-refractivity contribution in [2.24, 2.45) is 17.8 Å². The van der Waals surface area contributed by atoms with Crippen LogP contribution in [0.3, 0.4) is 0 Å². The van der Waals surface area contributed by atoms with E-state index in [1.165, 1.54) is 36.1 Å². The molecule has 0 saturated heterocycles. The summed E-state index contributed by atoms with van der Waals surface area (Å²) in [6, 6.07) is 31.8. The molecule has 4 aromatic carbocycles. The third-order valence-corrected chi connectivity index (χ3v) is 8.55. The first kappa shape index (κ1) is 19.8. The van der Waals surface area contributed by atoms with Gasteiger partial charge in [-0.2, -0.15) is 0 Å². The summed E-state index contributed by atoms with van der Waals surface area (Å²) >= 11 is 0. The van der Waals surface area contributed by atoms with Crippen LogP contribution in [-0.2, 0) is 0 Å². The highest BCUT2D eigenvalue weighted by atomic mass is 16.1. The summed E-state index contributed by atoms with van der Waals surface area (Å²) in [4.78, 5) is 13.3. The van der Waals surface area contributed by atoms with E-state index in [-0.39, 0.29) is 5.91 Å². The Morgan fingerprint density at radius 2 is 1.62 bits per heavy atom. The summed E-state index contributed by atoms with van der Waals surface area (Å²) in [6.45, 7) is 0. The van der Waals surface area contributed by atoms with Gasteiger partial charge in [0, 0.05) is 22.3 Å². The number of hydrogen-bond donors (Lipinski definition) is 2. The van der Waals surface area contributed by atoms with E-state index in [0.717, 1.165) is 33.9 Å². The van der Waals surface area contributed by atoms with Crippen LogP contribution < -0.4 is 10.6 Å². The van der Waals surface area contributed by atoms with E-state index >= 15 is 0 Å². The molecule has 2 bridgehead atoms. The Balaban J connectivity index is 1.24. The molecule has 0 spiro atoms. The number of carbonyl (C=O) groups is 1. The summed E-state index contributed by atoms with van der Waals surface area (Å²) < 4.78 is 0. The average molecular weight is 445 g/mol. The molecule has 1 aliphatic heterocycles. The Morgan fingerprint density at radius 1 is 0.824 bits per heavy atom. The van der Waals surface area contributed by atoms with E-state index in [1.807, 2.05) is 30.3 Å². The fraction of sp³-hybridized carbons (Fsp3) is 0.258. The van der Waals surface area contributed by atoms with Gasteiger partial charge in [0.05, 0.1) is 6.04 Å². The number of hydrogen-bond acceptors (Lipinski definition) is 2. The van der Waals surface area contributed by atoms with Gasteiger partial charge in [0.15, 0.2) is 0 Å². The molecule has 5 atom stereocenters. The number of carbonyl (C=O) groups excluding carboxylic acids is 1. The largest absolute Gasteiger partial charge is 0.378 e. The molecular formula is C31H28N2O. The topological polar surface area (TPSA) is 41.1 Å². The molecule has 3 aliphatic rings. The van der Waals surface area contributed by atoms with Gasteiger partial charge >= 0.3 is 0 Å². The molecule has 168 valence electrons. The number of fused-ring (bicyclic) bond motifs is 8. The van der Waals surface area contributed by atoms with E-state index in [0.29, 0.717) is 17.9 Å². The third-order valence-electron chi connectivity index (χ3n) is 8.55. The molecule has 2 saturated carbocycles. The van der Waals surface area contributed by atoms with Crippen molar-refractivity contribution in [3.05, 3.63) is 108 Å². The maximum atomic E-state index is 13.3. The zero-order chi connectivity index (χ0) is 22.6. The van der Waals surface area contributed by atoms with Gasteiger partial charge < -0.3 is 10.6 Å². The Hall–Kier alpha value is -3.59. The Morgan fingerprint density at radius 3 is 2.53 bits per heavy atom. The SMILES string of the molecule is O=C(Nc1cccc2ccccc12)c1ccc2c(c1)[C@@H]1[C@H]3CC[C@@H](C3)[C@@H]1[C@H](c1ccccc1)N2. The number of rotatable bonds is 3. The highest BCUT2D eigenvalue weighted by molar-refractivity contribution is 6.09. The first-order valence-corrected chi connectivity index (χ1v) is 12.5. The Labute approximate surface area is 200 Å². The van der Waals surface area contributed by atoms with Crippen LogP contribution >= 0.6 is 0 Å². The third kappa shape index (κ3) is 3.07. The molecule has 7 rings (SSSR count). The molecule has 1 amide bonds. The number of benzene rings is 4. The van der Waals surface area contributed by atoms with Crippen LogP contribution in [0.5, 0.6) is 0 Å². The van der Waals surface area contributed by atoms with E-state index in [2.05, 4.69) is 71.3 Å². The van der Waals surface area contributed by atoms with Gasteiger partial charge in [-0.3, -0.25) is 4.79 Å². The van der Waals surface area contributed by atoms with E-state index in [9.17, 15) is 4.79 Å². The van der Waals surface area contributed by atoms with Crippen molar-refractivity contribution in [2.45, 2.75) is 31.2 Å². The van der Waals surface area contributed by atoms with E-state index < -0.39 is 0 Å². The number of nitrogens with one attached hydrogen (secondary N) is 2. The van der Waals surface area contributed by atoms with Gasteiger partial charge in [-0.1, -0.05) is 66.7 Å². The predicted molar refractivity (Wildman–Crippen MR) is 138 cm³/mol. The van der Waals surface area contributed by atoms with Crippen molar-refractivity contribution in [2.75, 3.05) is 10.6 Å². The molecule has 0 radical (unpaired) electrons. The molecule has 0 unspecified atom stereocenters. The van der Waals surface area contributed by atoms with Crippen molar-refractivity contribution in [1.82, 2.24) is 0 Å². The molecule has 1 heterocycles. The highest BCUT2D eigenvalue weighted by Gasteiger charge is 2.53. The molecular weight excluding hydrogens is 416 g/mol. The zero-order valence-electron chi connectivity index (χ0n) is 19.1. The van der Waals surface area contributed by atoms with Gasteiger partial charge in [-0.25, -0.2) is 0 Å². The summed E-state index contributed by atoms with van der Waals surface area (Å²) in [6.07, 6.45) is 3.98. The predicted octanol–water partition coefficient (Wildman–Crippen LogP) is 7.39. The molecule has 34 heavy (non-hydrogen) atoms. The van der Waals surface area contributed by atoms with Gasteiger partial charge in [0.2, 0.25) is 0 Å². The minimum absolute atomic E-state index is 0.0379. The summed E-state index contributed by atoms with van der Waals surface area (Å²) in [5, 5.41) is 9.25. The Bertz CT molecular complexity index is 1390. The van der Waals surface area contributed by atoms with Crippen LogP contribution in [0.25, 0.3) is 10.8 Å². The monoisotopic (exact) mass is 444 g/mol. The summed E-state index contributed by atoms with van der Waals surface area (Å²) in [5.74, 6) is 2.60. The van der Waals surface area contributed by atoms with Crippen LogP contribution in [0, 0.1) is 17.8 Å². The lowest BCUT2D eigenvalue weighted by Crippen LogP contribution is -2.35. The first-order chi connectivity index (χ1) is 16.8. The van der Waals surface area contributed by atoms with E-state index in [1.54, 1.807) is 0 Å². The first-order valence-electron chi connectivity index (χ1n) is 12.5. The van der Waals surface area contributed by atoms with Gasteiger partial charge in [0.1, 0.15) is 0 Å². The van der Waals surface area contributed by atoms with Gasteiger partial charge in [0.25, 0.3) is 5.91 Å². The standard InChI is InChI=1S/C31H28N2O/c34-31(33-26-12-6-10-19-7-4-5-11-24(19)26)23-15-16-27-25(18-23)28-21-13-14-22(17-21)29(28)30(32-27)20-8-2-1-3-9-20/h1-12,15-16,18,21-22,28-30,32H,13-14,17H2,(H,33,34)/t21-,22-,28-,29-,30-/m0/s1. The lowest BCUT2D eigenvalue weighted by molar-refractivity contribution is 0.102. The lowest BCUT2D eigenvalue weighted by atomic mass is 9.68. The highest BCUT2D eigenvalue weighted by Crippen LogP contribution is 2.63. The molecule has 4 aromatic rings. The fourth-order valence-electron chi connectivity index (χ4n) is 7.15. The molecule has 3 nitrogen and oxygen atoms in total. The lowest BCUT2D eigenvalue weighted by Gasteiger charge is -2.43. The van der Waals surface area contributed by atoms with Crippen molar-refractivity contribution in [3.63, 3.8) is 0 Å². The van der Waals surface area contributed by atoms with Gasteiger partial charge in [-0.05, 0) is 83.7 Å². The van der Waals surface area contributed by atoms with Gasteiger partial charge in [-0.15, -0.1) is 0 Å². The van der Waals surface area contributed by atoms with Crippen LogP contribution in [0.1, 0.15) is 52.7 Å². The molecule has 0 aromatic heterocycles. The second-order valence-corrected chi connectivity index (χ2v) is 10.3. The van der Waals surface area contributed by atoms with Crippen molar-refractivity contribution in [3.8, 4) is 0 Å². The maximum absolute atomic E-state index is 13.3. The fourth-order valence-corrected chi connectivity index (χ4v) is 7.15. The van der Waals surface area contributed by atoms with Crippen LogP contribution in [0.15, 0.2) is 91.0 Å². The Kier molecular flexibility index (Phi) is 4.51. The molecule has 2 fully saturated rings. The van der Waals surface area contributed by atoms with E-state index in [4.69, 9.17) is 0 Å². The molecule has 2 aliphatic carbocycles. The maximum Gasteiger partial charge on any atom is 0.255 e. The quantitative estimate of drug-likeness (QED) is 0.346. The van der Waals surface area contributed by atoms with Crippen molar-refractivity contribution < 1.29 is 4.79 Å².